The largest absolute Gasteiger partial charge is 0.313 e. The molecule has 0 fully saturated rings. The van der Waals surface area contributed by atoms with Crippen LogP contribution in [0.4, 0.5) is 5.69 Å². The first-order valence-corrected chi connectivity index (χ1v) is 9.72. The SMILES string of the molecule is CN1C(=O)C(c2ccccc2)(S(=O)(=O)c2ccccc2)c2ccccc21. The summed E-state index contributed by atoms with van der Waals surface area (Å²) in [5, 5.41) is 0. The maximum Gasteiger partial charge on any atom is 0.257 e. The Morgan fingerprint density at radius 3 is 1.96 bits per heavy atom. The number of fused-ring (bicyclic) bond motifs is 1. The van der Waals surface area contributed by atoms with Crippen molar-refractivity contribution in [2.75, 3.05) is 11.9 Å². The lowest BCUT2D eigenvalue weighted by Gasteiger charge is -2.28. The molecule has 4 rings (SSSR count). The van der Waals surface area contributed by atoms with Gasteiger partial charge in [0.15, 0.2) is 0 Å². The smallest absolute Gasteiger partial charge is 0.257 e. The highest BCUT2D eigenvalue weighted by atomic mass is 32.2. The van der Waals surface area contributed by atoms with Gasteiger partial charge in [-0.2, -0.15) is 0 Å². The molecule has 5 heteroatoms. The van der Waals surface area contributed by atoms with Crippen LogP contribution in [0.1, 0.15) is 11.1 Å². The van der Waals surface area contributed by atoms with E-state index >= 15 is 0 Å². The number of likely N-dealkylation sites (N-methyl/N-ethyl adjacent to an activating group) is 1. The molecule has 1 amide bonds. The number of benzene rings is 3. The molecular formula is C21H17NO3S. The number of carbonyl (C=O) groups is 1. The minimum atomic E-state index is -4.04. The van der Waals surface area contributed by atoms with Gasteiger partial charge in [0.05, 0.1) is 4.90 Å². The first-order valence-electron chi connectivity index (χ1n) is 8.24. The summed E-state index contributed by atoms with van der Waals surface area (Å²) in [5.41, 5.74) is 1.55. The fourth-order valence-corrected chi connectivity index (χ4v) is 5.81. The van der Waals surface area contributed by atoms with Gasteiger partial charge < -0.3 is 4.90 Å². The maximum atomic E-state index is 13.8. The van der Waals surface area contributed by atoms with Crippen LogP contribution >= 0.6 is 0 Å². The molecule has 0 aromatic heterocycles. The summed E-state index contributed by atoms with van der Waals surface area (Å²) < 4.78 is 25.9. The lowest BCUT2D eigenvalue weighted by molar-refractivity contribution is -0.119. The standard InChI is InChI=1S/C21H17NO3S/c1-22-19-15-9-8-14-18(19)21(20(22)23,16-10-4-2-5-11-16)26(24,25)17-12-6-3-7-13-17/h2-15H,1H3. The van der Waals surface area contributed by atoms with Crippen molar-refractivity contribution in [1.29, 1.82) is 0 Å². The average molecular weight is 363 g/mol. The molecule has 1 aliphatic heterocycles. The summed E-state index contributed by atoms with van der Waals surface area (Å²) in [5.74, 6) is -0.464. The quantitative estimate of drug-likeness (QED) is 0.717. The zero-order chi connectivity index (χ0) is 18.4. The third-order valence-electron chi connectivity index (χ3n) is 4.89. The van der Waals surface area contributed by atoms with Gasteiger partial charge in [-0.1, -0.05) is 66.7 Å². The second kappa shape index (κ2) is 5.81. The monoisotopic (exact) mass is 363 g/mol. The van der Waals surface area contributed by atoms with Crippen molar-refractivity contribution in [2.45, 2.75) is 9.64 Å². The molecule has 1 atom stereocenters. The first kappa shape index (κ1) is 16.5. The van der Waals surface area contributed by atoms with Gasteiger partial charge in [0.1, 0.15) is 0 Å². The molecule has 1 unspecified atom stereocenters. The Morgan fingerprint density at radius 2 is 1.31 bits per heavy atom. The molecule has 4 nitrogen and oxygen atoms in total. The molecule has 0 spiro atoms. The molecule has 0 N–H and O–H groups in total. The van der Waals surface area contributed by atoms with Crippen molar-refractivity contribution in [3.8, 4) is 0 Å². The van der Waals surface area contributed by atoms with Gasteiger partial charge >= 0.3 is 0 Å². The van der Waals surface area contributed by atoms with E-state index in [9.17, 15) is 13.2 Å². The van der Waals surface area contributed by atoms with Crippen LogP contribution in [0.2, 0.25) is 0 Å². The molecule has 0 bridgehead atoms. The first-order chi connectivity index (χ1) is 12.5. The van der Waals surface area contributed by atoms with Crippen LogP contribution in [0.15, 0.2) is 89.8 Å². The van der Waals surface area contributed by atoms with Crippen LogP contribution in [0, 0.1) is 0 Å². The van der Waals surface area contributed by atoms with Crippen LogP contribution < -0.4 is 4.90 Å². The van der Waals surface area contributed by atoms with E-state index in [0.717, 1.165) is 0 Å². The van der Waals surface area contributed by atoms with Gasteiger partial charge in [0.25, 0.3) is 5.91 Å². The molecule has 1 heterocycles. The summed E-state index contributed by atoms with van der Waals surface area (Å²) >= 11 is 0. The Morgan fingerprint density at radius 1 is 0.769 bits per heavy atom. The molecule has 0 saturated carbocycles. The Kier molecular flexibility index (Phi) is 3.70. The number of nitrogens with zero attached hydrogens (tertiary/aromatic N) is 1. The van der Waals surface area contributed by atoms with E-state index in [2.05, 4.69) is 0 Å². The Balaban J connectivity index is 2.14. The molecule has 3 aromatic rings. The number of amides is 1. The molecule has 130 valence electrons. The average Bonchev–Trinajstić information content (AvgIpc) is 2.92. The van der Waals surface area contributed by atoms with E-state index < -0.39 is 20.5 Å². The van der Waals surface area contributed by atoms with Crippen molar-refractivity contribution in [2.24, 2.45) is 0 Å². The fourth-order valence-electron chi connectivity index (χ4n) is 3.67. The Hall–Kier alpha value is -2.92. The van der Waals surface area contributed by atoms with Crippen molar-refractivity contribution in [3.05, 3.63) is 96.1 Å². The lowest BCUT2D eigenvalue weighted by Crippen LogP contribution is -2.46. The van der Waals surface area contributed by atoms with Gasteiger partial charge in [-0.25, -0.2) is 8.42 Å². The number of sulfone groups is 1. The highest BCUT2D eigenvalue weighted by molar-refractivity contribution is 7.93. The van der Waals surface area contributed by atoms with Crippen molar-refractivity contribution < 1.29 is 13.2 Å². The predicted molar refractivity (Wildman–Crippen MR) is 101 cm³/mol. The van der Waals surface area contributed by atoms with Gasteiger partial charge in [-0.15, -0.1) is 0 Å². The van der Waals surface area contributed by atoms with E-state index in [0.29, 0.717) is 16.8 Å². The van der Waals surface area contributed by atoms with Crippen LogP contribution in [0.5, 0.6) is 0 Å². The van der Waals surface area contributed by atoms with Gasteiger partial charge in [0.2, 0.25) is 14.6 Å². The zero-order valence-electron chi connectivity index (χ0n) is 14.2. The van der Waals surface area contributed by atoms with Crippen LogP contribution in [-0.2, 0) is 19.4 Å². The van der Waals surface area contributed by atoms with Crippen LogP contribution in [-0.4, -0.2) is 21.4 Å². The third kappa shape index (κ3) is 2.01. The van der Waals surface area contributed by atoms with Crippen molar-refractivity contribution in [1.82, 2.24) is 0 Å². The van der Waals surface area contributed by atoms with Crippen molar-refractivity contribution >= 4 is 21.4 Å². The molecule has 0 saturated heterocycles. The highest BCUT2D eigenvalue weighted by Crippen LogP contribution is 2.51. The fraction of sp³-hybridized carbons (Fsp3) is 0.0952. The van der Waals surface area contributed by atoms with Crippen LogP contribution in [0.25, 0.3) is 0 Å². The summed E-state index contributed by atoms with van der Waals surface area (Å²) in [6, 6.07) is 24.0. The van der Waals surface area contributed by atoms with Gasteiger partial charge in [-0.05, 0) is 23.8 Å². The summed E-state index contributed by atoms with van der Waals surface area (Å²) in [6.07, 6.45) is 0. The summed E-state index contributed by atoms with van der Waals surface area (Å²) in [7, 11) is -2.42. The predicted octanol–water partition coefficient (Wildman–Crippen LogP) is 3.38. The number of hydrogen-bond donors (Lipinski definition) is 0. The number of anilines is 1. The number of carbonyl (C=O) groups excluding carboxylic acids is 1. The maximum absolute atomic E-state index is 13.8. The highest BCUT2D eigenvalue weighted by Gasteiger charge is 2.60. The van der Waals surface area contributed by atoms with E-state index in [-0.39, 0.29) is 4.90 Å². The summed E-state index contributed by atoms with van der Waals surface area (Å²) in [6.45, 7) is 0. The van der Waals surface area contributed by atoms with E-state index in [4.69, 9.17) is 0 Å². The molecule has 3 aromatic carbocycles. The van der Waals surface area contributed by atoms with E-state index in [1.54, 1.807) is 79.8 Å². The van der Waals surface area contributed by atoms with Gasteiger partial charge in [-0.3, -0.25) is 4.79 Å². The molecule has 1 aliphatic rings. The number of hydrogen-bond acceptors (Lipinski definition) is 3. The minimum Gasteiger partial charge on any atom is -0.313 e. The Bertz CT molecular complexity index is 1080. The second-order valence-corrected chi connectivity index (χ2v) is 8.34. The van der Waals surface area contributed by atoms with E-state index in [1.807, 2.05) is 0 Å². The topological polar surface area (TPSA) is 54.5 Å². The van der Waals surface area contributed by atoms with Crippen LogP contribution in [0.3, 0.4) is 0 Å². The number of para-hydroxylation sites is 1. The van der Waals surface area contributed by atoms with Gasteiger partial charge in [0, 0.05) is 18.3 Å². The third-order valence-corrected chi connectivity index (χ3v) is 7.22. The molecular weight excluding hydrogens is 346 g/mol. The molecule has 0 radical (unpaired) electrons. The van der Waals surface area contributed by atoms with Crippen molar-refractivity contribution in [3.63, 3.8) is 0 Å². The second-order valence-electron chi connectivity index (χ2n) is 6.25. The lowest BCUT2D eigenvalue weighted by atomic mass is 9.91. The Labute approximate surface area is 152 Å². The summed E-state index contributed by atoms with van der Waals surface area (Å²) in [4.78, 5) is 15.0. The van der Waals surface area contributed by atoms with E-state index in [1.165, 1.54) is 17.0 Å². The molecule has 26 heavy (non-hydrogen) atoms. The molecule has 0 aliphatic carbocycles. The number of rotatable bonds is 3. The minimum absolute atomic E-state index is 0.127. The zero-order valence-corrected chi connectivity index (χ0v) is 15.0. The normalized spacial score (nSPS) is 19.4.